The molecule has 2 heterocycles. The van der Waals surface area contributed by atoms with Gasteiger partial charge in [0.15, 0.2) is 17.5 Å². The van der Waals surface area contributed by atoms with Crippen molar-refractivity contribution in [1.82, 2.24) is 19.9 Å². The van der Waals surface area contributed by atoms with Gasteiger partial charge in [0, 0.05) is 34.5 Å². The molecule has 0 aliphatic heterocycles. The molecule has 0 bridgehead atoms. The van der Waals surface area contributed by atoms with Crippen LogP contribution in [0.2, 0.25) is 0 Å². The summed E-state index contributed by atoms with van der Waals surface area (Å²) in [6.45, 7) is 4.59. The lowest BCUT2D eigenvalue weighted by atomic mass is 9.82. The van der Waals surface area contributed by atoms with Gasteiger partial charge in [0.2, 0.25) is 0 Å². The van der Waals surface area contributed by atoms with Gasteiger partial charge in [0.1, 0.15) is 0 Å². The Hall–Kier alpha value is -5.74. The van der Waals surface area contributed by atoms with Crippen molar-refractivity contribution in [2.45, 2.75) is 19.3 Å². The monoisotopic (exact) mass is 578 g/mol. The molecule has 0 N–H and O–H groups in total. The second kappa shape index (κ2) is 10.8. The maximum absolute atomic E-state index is 5.09. The van der Waals surface area contributed by atoms with E-state index in [1.54, 1.807) is 6.20 Å². The third kappa shape index (κ3) is 4.81. The first-order valence-electron chi connectivity index (χ1n) is 15.2. The van der Waals surface area contributed by atoms with Crippen molar-refractivity contribution >= 4 is 0 Å². The number of pyridine rings is 1. The molecule has 214 valence electrons. The summed E-state index contributed by atoms with van der Waals surface area (Å²) in [6, 6.07) is 46.5. The zero-order chi connectivity index (χ0) is 30.4. The highest BCUT2D eigenvalue weighted by Gasteiger charge is 2.35. The van der Waals surface area contributed by atoms with Gasteiger partial charge in [0.25, 0.3) is 0 Å². The van der Waals surface area contributed by atoms with E-state index in [9.17, 15) is 0 Å². The van der Waals surface area contributed by atoms with Gasteiger partial charge in [0.05, 0.1) is 0 Å². The van der Waals surface area contributed by atoms with Crippen LogP contribution in [0.3, 0.4) is 0 Å². The van der Waals surface area contributed by atoms with Gasteiger partial charge in [-0.25, -0.2) is 15.0 Å². The zero-order valence-corrected chi connectivity index (χ0v) is 25.1. The van der Waals surface area contributed by atoms with Crippen molar-refractivity contribution in [3.63, 3.8) is 0 Å². The van der Waals surface area contributed by atoms with E-state index in [4.69, 9.17) is 15.0 Å². The number of benzene rings is 5. The summed E-state index contributed by atoms with van der Waals surface area (Å²) in [5.41, 5.74) is 12.4. The molecule has 0 spiro atoms. The Labute approximate surface area is 263 Å². The molecule has 7 aromatic rings. The average Bonchev–Trinajstić information content (AvgIpc) is 3.34. The first-order chi connectivity index (χ1) is 22.0. The maximum Gasteiger partial charge on any atom is 0.164 e. The van der Waals surface area contributed by atoms with Crippen molar-refractivity contribution in [2.75, 3.05) is 0 Å². The summed E-state index contributed by atoms with van der Waals surface area (Å²) in [7, 11) is 0. The second-order valence-corrected chi connectivity index (χ2v) is 12.0. The molecule has 0 saturated carbocycles. The fraction of sp³-hybridized carbons (Fsp3) is 0.0732. The Morgan fingerprint density at radius 2 is 0.956 bits per heavy atom. The third-order valence-electron chi connectivity index (χ3n) is 8.84. The van der Waals surface area contributed by atoms with Crippen LogP contribution in [0.1, 0.15) is 25.0 Å². The van der Waals surface area contributed by atoms with Crippen molar-refractivity contribution in [2.24, 2.45) is 0 Å². The summed E-state index contributed by atoms with van der Waals surface area (Å²) >= 11 is 0. The summed E-state index contributed by atoms with van der Waals surface area (Å²) in [4.78, 5) is 19.5. The van der Waals surface area contributed by atoms with E-state index in [0.717, 1.165) is 38.9 Å². The Kier molecular flexibility index (Phi) is 6.42. The highest BCUT2D eigenvalue weighted by atomic mass is 15.0. The Balaban J connectivity index is 1.27. The Bertz CT molecular complexity index is 2170. The zero-order valence-electron chi connectivity index (χ0n) is 25.1. The Morgan fingerprint density at radius 1 is 0.400 bits per heavy atom. The van der Waals surface area contributed by atoms with Crippen LogP contribution in [0.5, 0.6) is 0 Å². The smallest absolute Gasteiger partial charge is 0.164 e. The molecule has 4 heteroatoms. The van der Waals surface area contributed by atoms with E-state index >= 15 is 0 Å². The van der Waals surface area contributed by atoms with Gasteiger partial charge >= 0.3 is 0 Å². The molecule has 45 heavy (non-hydrogen) atoms. The van der Waals surface area contributed by atoms with Crippen molar-refractivity contribution in [3.8, 4) is 67.5 Å². The number of hydrogen-bond donors (Lipinski definition) is 0. The fourth-order valence-corrected chi connectivity index (χ4v) is 6.42. The topological polar surface area (TPSA) is 51.6 Å². The quantitative estimate of drug-likeness (QED) is 0.204. The summed E-state index contributed by atoms with van der Waals surface area (Å²) in [6.07, 6.45) is 3.67. The number of nitrogens with zero attached hydrogens (tertiary/aromatic N) is 4. The van der Waals surface area contributed by atoms with Crippen LogP contribution in [0.25, 0.3) is 67.5 Å². The molecule has 2 aromatic heterocycles. The molecule has 0 saturated heterocycles. The molecule has 0 radical (unpaired) electrons. The molecule has 0 atom stereocenters. The minimum absolute atomic E-state index is 0.118. The standard InChI is InChI=1S/C41H30N4/c1-41(2)36-16-7-6-15-34(36)35-22-21-32(25-37(35)41)40-44-38(29-19-17-28(18-20-29)33-14-9-23-42-26-33)43-39(45-40)31-13-8-12-30(24-31)27-10-4-3-5-11-27/h3-26H,1-2H3. The first-order valence-corrected chi connectivity index (χ1v) is 15.2. The molecule has 8 rings (SSSR count). The average molecular weight is 579 g/mol. The fourth-order valence-electron chi connectivity index (χ4n) is 6.42. The largest absolute Gasteiger partial charge is 0.264 e. The van der Waals surface area contributed by atoms with Gasteiger partial charge in [-0.3, -0.25) is 4.98 Å². The van der Waals surface area contributed by atoms with E-state index in [2.05, 4.69) is 140 Å². The minimum atomic E-state index is -0.118. The molecule has 0 unspecified atom stereocenters. The lowest BCUT2D eigenvalue weighted by molar-refractivity contribution is 0.660. The van der Waals surface area contributed by atoms with Gasteiger partial charge in [-0.15, -0.1) is 0 Å². The molecule has 1 aliphatic rings. The van der Waals surface area contributed by atoms with Crippen LogP contribution >= 0.6 is 0 Å². The molecule has 4 nitrogen and oxygen atoms in total. The van der Waals surface area contributed by atoms with E-state index in [-0.39, 0.29) is 5.41 Å². The molecular weight excluding hydrogens is 548 g/mol. The molecule has 5 aromatic carbocycles. The van der Waals surface area contributed by atoms with E-state index < -0.39 is 0 Å². The molecule has 0 amide bonds. The van der Waals surface area contributed by atoms with Crippen LogP contribution in [0.4, 0.5) is 0 Å². The number of fused-ring (bicyclic) bond motifs is 3. The van der Waals surface area contributed by atoms with E-state index in [1.807, 2.05) is 18.3 Å². The van der Waals surface area contributed by atoms with Crippen LogP contribution in [-0.4, -0.2) is 19.9 Å². The third-order valence-corrected chi connectivity index (χ3v) is 8.84. The first kappa shape index (κ1) is 26.9. The lowest BCUT2D eigenvalue weighted by Crippen LogP contribution is -2.15. The highest BCUT2D eigenvalue weighted by molar-refractivity contribution is 5.83. The Morgan fingerprint density at radius 3 is 1.71 bits per heavy atom. The van der Waals surface area contributed by atoms with E-state index in [1.165, 1.54) is 22.3 Å². The summed E-state index contributed by atoms with van der Waals surface area (Å²) < 4.78 is 0. The predicted molar refractivity (Wildman–Crippen MR) is 182 cm³/mol. The summed E-state index contributed by atoms with van der Waals surface area (Å²) in [5.74, 6) is 1.94. The summed E-state index contributed by atoms with van der Waals surface area (Å²) in [5, 5.41) is 0. The predicted octanol–water partition coefficient (Wildman–Crippen LogP) is 9.91. The van der Waals surface area contributed by atoms with Crippen molar-refractivity contribution in [3.05, 3.63) is 157 Å². The van der Waals surface area contributed by atoms with Crippen LogP contribution < -0.4 is 0 Å². The SMILES string of the molecule is CC1(C)c2ccccc2-c2ccc(-c3nc(-c4ccc(-c5cccnc5)cc4)nc(-c4cccc(-c5ccccc5)c4)n3)cc21. The minimum Gasteiger partial charge on any atom is -0.264 e. The van der Waals surface area contributed by atoms with Gasteiger partial charge in [-0.1, -0.05) is 129 Å². The number of rotatable bonds is 5. The molecule has 1 aliphatic carbocycles. The van der Waals surface area contributed by atoms with Crippen LogP contribution in [0, 0.1) is 0 Å². The number of hydrogen-bond acceptors (Lipinski definition) is 4. The normalized spacial score (nSPS) is 12.8. The molecule has 0 fully saturated rings. The highest BCUT2D eigenvalue weighted by Crippen LogP contribution is 2.49. The number of aromatic nitrogens is 4. The van der Waals surface area contributed by atoms with Gasteiger partial charge in [-0.05, 0) is 62.7 Å². The second-order valence-electron chi connectivity index (χ2n) is 12.0. The van der Waals surface area contributed by atoms with Gasteiger partial charge < -0.3 is 0 Å². The lowest BCUT2D eigenvalue weighted by Gasteiger charge is -2.21. The van der Waals surface area contributed by atoms with Crippen molar-refractivity contribution in [1.29, 1.82) is 0 Å². The van der Waals surface area contributed by atoms with Gasteiger partial charge in [-0.2, -0.15) is 0 Å². The van der Waals surface area contributed by atoms with Crippen molar-refractivity contribution < 1.29 is 0 Å². The van der Waals surface area contributed by atoms with Crippen LogP contribution in [0.15, 0.2) is 146 Å². The van der Waals surface area contributed by atoms with Crippen LogP contribution in [-0.2, 0) is 5.41 Å². The molecular formula is C41H30N4. The maximum atomic E-state index is 5.09. The van der Waals surface area contributed by atoms with E-state index in [0.29, 0.717) is 17.5 Å².